The van der Waals surface area contributed by atoms with Gasteiger partial charge in [0.05, 0.1) is 23.4 Å². The molecule has 5 rings (SSSR count). The summed E-state index contributed by atoms with van der Waals surface area (Å²) in [5.41, 5.74) is 0.909. The molecule has 1 saturated heterocycles. The summed E-state index contributed by atoms with van der Waals surface area (Å²) in [4.78, 5) is 35.3. The van der Waals surface area contributed by atoms with Crippen LogP contribution in [-0.4, -0.2) is 64.0 Å². The maximum absolute atomic E-state index is 13.4. The zero-order chi connectivity index (χ0) is 29.1. The van der Waals surface area contributed by atoms with Crippen LogP contribution < -0.4 is 15.5 Å². The highest BCUT2D eigenvalue weighted by Gasteiger charge is 2.34. The van der Waals surface area contributed by atoms with Crippen molar-refractivity contribution in [2.45, 2.75) is 19.5 Å². The number of likely N-dealkylation sites (N-methyl/N-ethyl adjacent to an activating group) is 1. The van der Waals surface area contributed by atoms with Gasteiger partial charge in [-0.25, -0.2) is 19.9 Å². The molecule has 1 aliphatic heterocycles. The van der Waals surface area contributed by atoms with Gasteiger partial charge in [-0.1, -0.05) is 6.07 Å². The van der Waals surface area contributed by atoms with Gasteiger partial charge in [0.25, 0.3) is 5.91 Å². The quantitative estimate of drug-likeness (QED) is 0.355. The molecule has 2 aromatic heterocycles. The molecule has 41 heavy (non-hydrogen) atoms. The van der Waals surface area contributed by atoms with Crippen molar-refractivity contribution < 1.29 is 18.0 Å². The largest absolute Gasteiger partial charge is 0.417 e. The van der Waals surface area contributed by atoms with Crippen molar-refractivity contribution in [2.75, 3.05) is 48.8 Å². The van der Waals surface area contributed by atoms with E-state index in [0.29, 0.717) is 28.5 Å². The molecule has 0 atom stereocenters. The highest BCUT2D eigenvalue weighted by Crippen LogP contribution is 2.34. The van der Waals surface area contributed by atoms with Crippen LogP contribution in [0.25, 0.3) is 11.0 Å². The molecule has 2 N–H and O–H groups in total. The van der Waals surface area contributed by atoms with E-state index in [9.17, 15) is 18.0 Å². The summed E-state index contributed by atoms with van der Waals surface area (Å²) in [6.45, 7) is 5.35. The molecule has 0 spiro atoms. The van der Waals surface area contributed by atoms with Crippen molar-refractivity contribution in [2.24, 2.45) is 0 Å². The molecule has 210 valence electrons. The fourth-order valence-corrected chi connectivity index (χ4v) is 4.52. The van der Waals surface area contributed by atoms with Gasteiger partial charge in [-0.3, -0.25) is 4.79 Å². The number of nitrogens with zero attached hydrogens (tertiary/aromatic N) is 7. The van der Waals surface area contributed by atoms with Gasteiger partial charge in [0.15, 0.2) is 5.82 Å². The number of halogens is 3. The number of rotatable bonds is 5. The van der Waals surface area contributed by atoms with Crippen LogP contribution in [0.3, 0.4) is 0 Å². The van der Waals surface area contributed by atoms with Crippen LogP contribution in [-0.2, 0) is 6.18 Å². The monoisotopic (exact) mass is 561 g/mol. The molecule has 0 radical (unpaired) electrons. The summed E-state index contributed by atoms with van der Waals surface area (Å²) in [6.07, 6.45) is -0.700. The lowest BCUT2D eigenvalue weighted by Gasteiger charge is -2.20. The highest BCUT2D eigenvalue weighted by atomic mass is 19.4. The minimum absolute atomic E-state index is 0.0814. The Morgan fingerprint density at radius 3 is 2.66 bits per heavy atom. The van der Waals surface area contributed by atoms with Crippen molar-refractivity contribution in [1.82, 2.24) is 24.8 Å². The van der Waals surface area contributed by atoms with E-state index < -0.39 is 23.2 Å². The number of amides is 1. The molecule has 1 fully saturated rings. The normalized spacial score (nSPS) is 14.4. The maximum Gasteiger partial charge on any atom is 0.417 e. The van der Waals surface area contributed by atoms with E-state index in [0.717, 1.165) is 50.3 Å². The second-order valence-corrected chi connectivity index (χ2v) is 9.75. The van der Waals surface area contributed by atoms with Crippen LogP contribution in [0, 0.1) is 18.3 Å². The van der Waals surface area contributed by atoms with Crippen LogP contribution >= 0.6 is 0 Å². The fraction of sp³-hybridized carbons (Fsp3) is 0.286. The molecular weight excluding hydrogens is 535 g/mol. The predicted octanol–water partition coefficient (Wildman–Crippen LogP) is 4.76. The zero-order valence-electron chi connectivity index (χ0n) is 22.3. The Hall–Kier alpha value is -4.83. The molecule has 3 heterocycles. The maximum atomic E-state index is 13.4. The number of hydrogen-bond donors (Lipinski definition) is 2. The molecule has 13 heteroatoms. The summed E-state index contributed by atoms with van der Waals surface area (Å²) in [5, 5.41) is 14.7. The smallest absolute Gasteiger partial charge is 0.339 e. The van der Waals surface area contributed by atoms with Crippen molar-refractivity contribution in [3.05, 3.63) is 71.2 Å². The Morgan fingerprint density at radius 1 is 1.05 bits per heavy atom. The van der Waals surface area contributed by atoms with Crippen molar-refractivity contribution in [3.63, 3.8) is 0 Å². The lowest BCUT2D eigenvalue weighted by molar-refractivity contribution is -0.137. The number of aryl methyl sites for hydroxylation is 1. The number of benzene rings is 2. The van der Waals surface area contributed by atoms with Crippen LogP contribution in [0.4, 0.5) is 36.3 Å². The first kappa shape index (κ1) is 27.7. The van der Waals surface area contributed by atoms with Crippen molar-refractivity contribution in [1.29, 1.82) is 5.26 Å². The number of aromatic nitrogens is 4. The Labute approximate surface area is 233 Å². The van der Waals surface area contributed by atoms with E-state index in [1.54, 1.807) is 24.4 Å². The SMILES string of the molecule is Cc1ccc(C(=O)Nc2ccc(C#N)c(C(F)(F)F)c2)cc1Nc1ncnc2cnc(N3CCCN(C)CC3)nc12. The van der Waals surface area contributed by atoms with E-state index in [4.69, 9.17) is 10.2 Å². The first-order chi connectivity index (χ1) is 19.6. The Bertz CT molecular complexity index is 1650. The van der Waals surface area contributed by atoms with E-state index in [1.165, 1.54) is 18.5 Å². The molecule has 1 amide bonds. The minimum atomic E-state index is -4.74. The summed E-state index contributed by atoms with van der Waals surface area (Å²) in [5.74, 6) is 0.387. The number of nitriles is 1. The zero-order valence-corrected chi connectivity index (χ0v) is 22.3. The average Bonchev–Trinajstić information content (AvgIpc) is 3.18. The van der Waals surface area contributed by atoms with Gasteiger partial charge >= 0.3 is 6.18 Å². The number of alkyl halides is 3. The van der Waals surface area contributed by atoms with Gasteiger partial charge in [-0.15, -0.1) is 0 Å². The molecule has 1 aliphatic rings. The van der Waals surface area contributed by atoms with E-state index >= 15 is 0 Å². The van der Waals surface area contributed by atoms with Gasteiger partial charge in [0.2, 0.25) is 5.95 Å². The van der Waals surface area contributed by atoms with Gasteiger partial charge < -0.3 is 20.4 Å². The number of hydrogen-bond acceptors (Lipinski definition) is 9. The van der Waals surface area contributed by atoms with E-state index in [2.05, 4.69) is 42.4 Å². The predicted molar refractivity (Wildman–Crippen MR) is 148 cm³/mol. The molecule has 0 aliphatic carbocycles. The molecular formula is C28H26F3N9O. The summed E-state index contributed by atoms with van der Waals surface area (Å²) in [6, 6.07) is 9.42. The summed E-state index contributed by atoms with van der Waals surface area (Å²) in [7, 11) is 2.08. The van der Waals surface area contributed by atoms with Crippen LogP contribution in [0.2, 0.25) is 0 Å². The number of fused-ring (bicyclic) bond motifs is 1. The van der Waals surface area contributed by atoms with Gasteiger partial charge in [-0.2, -0.15) is 18.4 Å². The van der Waals surface area contributed by atoms with Gasteiger partial charge in [0.1, 0.15) is 17.4 Å². The van der Waals surface area contributed by atoms with Gasteiger partial charge in [-0.05, 0) is 62.8 Å². The molecule has 0 unspecified atom stereocenters. The first-order valence-electron chi connectivity index (χ1n) is 12.8. The lowest BCUT2D eigenvalue weighted by atomic mass is 10.1. The van der Waals surface area contributed by atoms with Crippen LogP contribution in [0.15, 0.2) is 48.9 Å². The Morgan fingerprint density at radius 2 is 1.88 bits per heavy atom. The lowest BCUT2D eigenvalue weighted by Crippen LogP contribution is -2.30. The number of carbonyl (C=O) groups is 1. The second-order valence-electron chi connectivity index (χ2n) is 9.75. The number of nitrogens with one attached hydrogen (secondary N) is 2. The molecule has 0 bridgehead atoms. The second kappa shape index (κ2) is 11.3. The van der Waals surface area contributed by atoms with Crippen molar-refractivity contribution >= 4 is 40.1 Å². The van der Waals surface area contributed by atoms with E-state index in [-0.39, 0.29) is 11.3 Å². The number of anilines is 4. The highest BCUT2D eigenvalue weighted by molar-refractivity contribution is 6.05. The third-order valence-electron chi connectivity index (χ3n) is 6.82. The minimum Gasteiger partial charge on any atom is -0.339 e. The van der Waals surface area contributed by atoms with E-state index in [1.807, 2.05) is 6.92 Å². The van der Waals surface area contributed by atoms with Crippen molar-refractivity contribution in [3.8, 4) is 6.07 Å². The van der Waals surface area contributed by atoms with Crippen LogP contribution in [0.1, 0.15) is 33.5 Å². The summed E-state index contributed by atoms with van der Waals surface area (Å²) < 4.78 is 40.1. The topological polar surface area (TPSA) is 123 Å². The first-order valence-corrected chi connectivity index (χ1v) is 12.8. The molecule has 10 nitrogen and oxygen atoms in total. The van der Waals surface area contributed by atoms with Gasteiger partial charge in [0, 0.05) is 36.6 Å². The average molecular weight is 562 g/mol. The third-order valence-corrected chi connectivity index (χ3v) is 6.82. The third kappa shape index (κ3) is 6.17. The Balaban J connectivity index is 1.41. The molecule has 0 saturated carbocycles. The van der Waals surface area contributed by atoms with Crippen LogP contribution in [0.5, 0.6) is 0 Å². The Kier molecular flexibility index (Phi) is 7.67. The number of carbonyl (C=O) groups excluding carboxylic acids is 1. The standard InChI is InChI=1S/C28H26F3N9O/c1-17-4-5-18(26(41)36-20-7-6-19(14-32)21(13-20)28(29,30)31)12-22(17)37-25-24-23(34-16-35-25)15-33-27(38-24)40-9-3-8-39(2)10-11-40/h4-7,12-13,15-16H,3,8-11H2,1-2H3,(H,36,41)(H,34,35,37). The fourth-order valence-electron chi connectivity index (χ4n) is 4.52. The molecule has 4 aromatic rings. The molecule has 2 aromatic carbocycles. The summed E-state index contributed by atoms with van der Waals surface area (Å²) >= 11 is 0.